The zero-order valence-corrected chi connectivity index (χ0v) is 14.0. The monoisotopic (exact) mass is 327 g/mol. The molecule has 2 aromatic rings. The van der Waals surface area contributed by atoms with Crippen LogP contribution in [0, 0.1) is 5.82 Å². The minimum Gasteiger partial charge on any atom is -0.491 e. The number of benzene rings is 2. The molecule has 3 nitrogen and oxygen atoms in total. The smallest absolute Gasteiger partial charge is 0.251 e. The molecule has 3 rings (SSSR count). The normalized spacial score (nSPS) is 15.2. The van der Waals surface area contributed by atoms with Crippen molar-refractivity contribution in [3.8, 4) is 5.75 Å². The van der Waals surface area contributed by atoms with Gasteiger partial charge in [0.05, 0.1) is 6.10 Å². The molecule has 0 aliphatic heterocycles. The number of carbonyl (C=O) groups excluding carboxylic acids is 1. The Labute approximate surface area is 141 Å². The van der Waals surface area contributed by atoms with Crippen LogP contribution in [0.3, 0.4) is 0 Å². The lowest BCUT2D eigenvalue weighted by Crippen LogP contribution is -2.32. The van der Waals surface area contributed by atoms with E-state index in [9.17, 15) is 9.18 Å². The molecule has 0 aromatic heterocycles. The van der Waals surface area contributed by atoms with Crippen LogP contribution in [0.5, 0.6) is 5.75 Å². The van der Waals surface area contributed by atoms with Gasteiger partial charge in [0, 0.05) is 17.5 Å². The SMILES string of the molecule is CC(C)Oc1ccc(C(=O)NCC2(c3ccc(F)cc3)CC2)cc1. The van der Waals surface area contributed by atoms with Crippen molar-refractivity contribution in [1.29, 1.82) is 0 Å². The summed E-state index contributed by atoms with van der Waals surface area (Å²) in [7, 11) is 0. The highest BCUT2D eigenvalue weighted by molar-refractivity contribution is 5.94. The summed E-state index contributed by atoms with van der Waals surface area (Å²) in [5.41, 5.74) is 1.66. The maximum absolute atomic E-state index is 13.1. The van der Waals surface area contributed by atoms with Gasteiger partial charge in [0.15, 0.2) is 0 Å². The number of carbonyl (C=O) groups is 1. The molecule has 1 fully saturated rings. The number of hydrogen-bond donors (Lipinski definition) is 1. The lowest BCUT2D eigenvalue weighted by atomic mass is 9.96. The van der Waals surface area contributed by atoms with Gasteiger partial charge in [-0.05, 0) is 68.7 Å². The maximum atomic E-state index is 13.1. The fourth-order valence-corrected chi connectivity index (χ4v) is 2.83. The summed E-state index contributed by atoms with van der Waals surface area (Å²) in [5.74, 6) is 0.424. The van der Waals surface area contributed by atoms with E-state index in [1.165, 1.54) is 12.1 Å². The van der Waals surface area contributed by atoms with Crippen LogP contribution in [0.25, 0.3) is 0 Å². The first-order chi connectivity index (χ1) is 11.5. The van der Waals surface area contributed by atoms with Crippen LogP contribution in [0.15, 0.2) is 48.5 Å². The van der Waals surface area contributed by atoms with E-state index in [2.05, 4.69) is 5.32 Å². The second-order valence-electron chi connectivity index (χ2n) is 6.66. The van der Waals surface area contributed by atoms with Gasteiger partial charge < -0.3 is 10.1 Å². The second kappa shape index (κ2) is 6.63. The molecule has 1 N–H and O–H groups in total. The summed E-state index contributed by atoms with van der Waals surface area (Å²) < 4.78 is 18.6. The van der Waals surface area contributed by atoms with E-state index in [1.54, 1.807) is 12.1 Å². The zero-order chi connectivity index (χ0) is 17.2. The fraction of sp³-hybridized carbons (Fsp3) is 0.350. The molecule has 1 saturated carbocycles. The van der Waals surface area contributed by atoms with Gasteiger partial charge in [0.2, 0.25) is 0 Å². The molecule has 2 aromatic carbocycles. The molecule has 0 saturated heterocycles. The molecular weight excluding hydrogens is 305 g/mol. The molecular formula is C20H22FNO2. The molecule has 0 atom stereocenters. The minimum absolute atomic E-state index is 0.0376. The number of amides is 1. The summed E-state index contributed by atoms with van der Waals surface area (Å²) >= 11 is 0. The van der Waals surface area contributed by atoms with Crippen molar-refractivity contribution in [2.45, 2.75) is 38.2 Å². The molecule has 4 heteroatoms. The van der Waals surface area contributed by atoms with Gasteiger partial charge in [-0.1, -0.05) is 12.1 Å². The molecule has 0 bridgehead atoms. The van der Waals surface area contributed by atoms with Gasteiger partial charge in [-0.2, -0.15) is 0 Å². The van der Waals surface area contributed by atoms with Gasteiger partial charge in [-0.3, -0.25) is 4.79 Å². The molecule has 1 aliphatic rings. The number of nitrogens with one attached hydrogen (secondary N) is 1. The van der Waals surface area contributed by atoms with Gasteiger partial charge in [0.1, 0.15) is 11.6 Å². The first kappa shape index (κ1) is 16.5. The Morgan fingerprint density at radius 2 is 1.75 bits per heavy atom. The van der Waals surface area contributed by atoms with Crippen molar-refractivity contribution in [2.24, 2.45) is 0 Å². The lowest BCUT2D eigenvalue weighted by Gasteiger charge is -2.17. The number of ether oxygens (including phenoxy) is 1. The molecule has 24 heavy (non-hydrogen) atoms. The van der Waals surface area contributed by atoms with Gasteiger partial charge in [-0.15, -0.1) is 0 Å². The van der Waals surface area contributed by atoms with Crippen LogP contribution in [-0.2, 0) is 5.41 Å². The molecule has 1 aliphatic carbocycles. The number of halogens is 1. The standard InChI is InChI=1S/C20H22FNO2/c1-14(2)24-18-9-3-15(4-10-18)19(23)22-13-20(11-12-20)16-5-7-17(21)8-6-16/h3-10,14H,11-13H2,1-2H3,(H,22,23). The number of hydrogen-bond acceptors (Lipinski definition) is 2. The molecule has 0 spiro atoms. The molecule has 126 valence electrons. The highest BCUT2D eigenvalue weighted by Gasteiger charge is 2.44. The van der Waals surface area contributed by atoms with Crippen molar-refractivity contribution in [3.63, 3.8) is 0 Å². The van der Waals surface area contributed by atoms with Crippen LogP contribution >= 0.6 is 0 Å². The highest BCUT2D eigenvalue weighted by Crippen LogP contribution is 2.47. The van der Waals surface area contributed by atoms with E-state index in [0.717, 1.165) is 24.2 Å². The zero-order valence-electron chi connectivity index (χ0n) is 14.0. The van der Waals surface area contributed by atoms with Crippen LogP contribution in [0.2, 0.25) is 0 Å². The summed E-state index contributed by atoms with van der Waals surface area (Å²) in [5, 5.41) is 3.00. The molecule has 0 unspecified atom stereocenters. The van der Waals surface area contributed by atoms with Crippen LogP contribution in [0.4, 0.5) is 4.39 Å². The summed E-state index contributed by atoms with van der Waals surface area (Å²) in [4.78, 5) is 12.3. The Balaban J connectivity index is 1.60. The van der Waals surface area contributed by atoms with E-state index < -0.39 is 0 Å². The Morgan fingerprint density at radius 3 is 2.29 bits per heavy atom. The fourth-order valence-electron chi connectivity index (χ4n) is 2.83. The average Bonchev–Trinajstić information content (AvgIpc) is 3.34. The van der Waals surface area contributed by atoms with Crippen LogP contribution in [-0.4, -0.2) is 18.6 Å². The predicted molar refractivity (Wildman–Crippen MR) is 91.9 cm³/mol. The first-order valence-electron chi connectivity index (χ1n) is 8.29. The summed E-state index contributed by atoms with van der Waals surface area (Å²) in [6.07, 6.45) is 2.13. The van der Waals surface area contributed by atoms with Crippen molar-refractivity contribution in [3.05, 3.63) is 65.5 Å². The summed E-state index contributed by atoms with van der Waals surface area (Å²) in [6, 6.07) is 13.7. The van der Waals surface area contributed by atoms with E-state index in [-0.39, 0.29) is 23.2 Å². The van der Waals surface area contributed by atoms with E-state index in [1.807, 2.05) is 38.1 Å². The highest BCUT2D eigenvalue weighted by atomic mass is 19.1. The van der Waals surface area contributed by atoms with E-state index in [4.69, 9.17) is 4.74 Å². The molecule has 0 heterocycles. The lowest BCUT2D eigenvalue weighted by molar-refractivity contribution is 0.0949. The molecule has 1 amide bonds. The van der Waals surface area contributed by atoms with Crippen molar-refractivity contribution < 1.29 is 13.9 Å². The average molecular weight is 327 g/mol. The Kier molecular flexibility index (Phi) is 4.56. The van der Waals surface area contributed by atoms with Gasteiger partial charge in [-0.25, -0.2) is 4.39 Å². The third kappa shape index (κ3) is 3.75. The van der Waals surface area contributed by atoms with Crippen molar-refractivity contribution in [2.75, 3.05) is 6.54 Å². The number of rotatable bonds is 6. The third-order valence-corrected chi connectivity index (χ3v) is 4.39. The van der Waals surface area contributed by atoms with E-state index >= 15 is 0 Å². The van der Waals surface area contributed by atoms with Crippen molar-refractivity contribution in [1.82, 2.24) is 5.32 Å². The Morgan fingerprint density at radius 1 is 1.12 bits per heavy atom. The van der Waals surface area contributed by atoms with E-state index in [0.29, 0.717) is 12.1 Å². The first-order valence-corrected chi connectivity index (χ1v) is 8.29. The Bertz CT molecular complexity index is 703. The predicted octanol–water partition coefficient (Wildman–Crippen LogP) is 4.07. The third-order valence-electron chi connectivity index (χ3n) is 4.39. The summed E-state index contributed by atoms with van der Waals surface area (Å²) in [6.45, 7) is 4.50. The topological polar surface area (TPSA) is 38.3 Å². The van der Waals surface area contributed by atoms with Gasteiger partial charge >= 0.3 is 0 Å². The Hall–Kier alpha value is -2.36. The van der Waals surface area contributed by atoms with Gasteiger partial charge in [0.25, 0.3) is 5.91 Å². The van der Waals surface area contributed by atoms with Crippen molar-refractivity contribution >= 4 is 5.91 Å². The quantitative estimate of drug-likeness (QED) is 0.868. The minimum atomic E-state index is -0.234. The second-order valence-corrected chi connectivity index (χ2v) is 6.66. The maximum Gasteiger partial charge on any atom is 0.251 e. The largest absolute Gasteiger partial charge is 0.491 e. The molecule has 0 radical (unpaired) electrons. The van der Waals surface area contributed by atoms with Crippen LogP contribution in [0.1, 0.15) is 42.6 Å². The van der Waals surface area contributed by atoms with Crippen LogP contribution < -0.4 is 10.1 Å².